The fraction of sp³-hybridized carbons (Fsp3) is 0.409. The van der Waals surface area contributed by atoms with E-state index in [1.54, 1.807) is 0 Å². The minimum absolute atomic E-state index is 0.107. The van der Waals surface area contributed by atoms with Gasteiger partial charge in [0, 0.05) is 49.0 Å². The topological polar surface area (TPSA) is 51.0 Å². The lowest BCUT2D eigenvalue weighted by Crippen LogP contribution is -2.40. The molecule has 3 heterocycles. The maximum Gasteiger partial charge on any atom is 0.254 e. The Kier molecular flexibility index (Phi) is 4.68. The van der Waals surface area contributed by atoms with Crippen molar-refractivity contribution in [2.24, 2.45) is 0 Å². The third-order valence-electron chi connectivity index (χ3n) is 5.48. The van der Waals surface area contributed by atoms with Crippen LogP contribution in [0.5, 0.6) is 0 Å². The Labute approximate surface area is 160 Å². The summed E-state index contributed by atoms with van der Waals surface area (Å²) in [5.74, 6) is 1.51. The zero-order chi connectivity index (χ0) is 19.0. The molecule has 5 heteroatoms. The first-order valence-electron chi connectivity index (χ1n) is 9.75. The van der Waals surface area contributed by atoms with Crippen LogP contribution in [0, 0.1) is 13.8 Å². The Balaban J connectivity index is 1.67. The summed E-state index contributed by atoms with van der Waals surface area (Å²) in [4.78, 5) is 24.6. The molecular weight excluding hydrogens is 336 g/mol. The summed E-state index contributed by atoms with van der Waals surface area (Å²) in [6, 6.07) is 8.05. The molecule has 1 aliphatic heterocycles. The second-order valence-corrected chi connectivity index (χ2v) is 7.49. The molecule has 1 fully saturated rings. The van der Waals surface area contributed by atoms with E-state index in [1.807, 2.05) is 42.4 Å². The molecule has 1 aromatic carbocycles. The second kappa shape index (κ2) is 7.14. The van der Waals surface area contributed by atoms with Crippen molar-refractivity contribution in [3.05, 3.63) is 59.3 Å². The van der Waals surface area contributed by atoms with Crippen LogP contribution in [0.4, 0.5) is 0 Å². The summed E-state index contributed by atoms with van der Waals surface area (Å²) in [6.45, 7) is 8.57. The van der Waals surface area contributed by atoms with Crippen LogP contribution in [0.3, 0.4) is 0 Å². The van der Waals surface area contributed by atoms with Gasteiger partial charge < -0.3 is 9.47 Å². The van der Waals surface area contributed by atoms with E-state index in [9.17, 15) is 4.79 Å². The third kappa shape index (κ3) is 3.34. The first-order valence-corrected chi connectivity index (χ1v) is 9.75. The summed E-state index contributed by atoms with van der Waals surface area (Å²) in [5.41, 5.74) is 3.67. The Hall–Kier alpha value is -2.69. The van der Waals surface area contributed by atoms with Crippen LogP contribution in [0.25, 0.3) is 10.9 Å². The molecule has 0 saturated carbocycles. The van der Waals surface area contributed by atoms with Crippen molar-refractivity contribution >= 4 is 16.8 Å². The van der Waals surface area contributed by atoms with Crippen molar-refractivity contribution in [1.82, 2.24) is 19.4 Å². The van der Waals surface area contributed by atoms with Crippen LogP contribution in [0.2, 0.25) is 0 Å². The summed E-state index contributed by atoms with van der Waals surface area (Å²) in [7, 11) is 0. The number of nitrogens with zero attached hydrogens (tertiary/aromatic N) is 4. The molecule has 5 nitrogen and oxygen atoms in total. The molecule has 1 saturated heterocycles. The molecule has 2 aromatic heterocycles. The molecule has 3 aromatic rings. The minimum atomic E-state index is 0.107. The van der Waals surface area contributed by atoms with E-state index >= 15 is 0 Å². The number of imidazole rings is 1. The average molecular weight is 362 g/mol. The van der Waals surface area contributed by atoms with Crippen molar-refractivity contribution < 1.29 is 4.79 Å². The van der Waals surface area contributed by atoms with E-state index in [2.05, 4.69) is 34.4 Å². The highest BCUT2D eigenvalue weighted by atomic mass is 16.2. The van der Waals surface area contributed by atoms with Gasteiger partial charge in [-0.1, -0.05) is 11.6 Å². The number of pyridine rings is 1. The Bertz CT molecular complexity index is 991. The van der Waals surface area contributed by atoms with Crippen LogP contribution in [0.15, 0.2) is 36.7 Å². The zero-order valence-corrected chi connectivity index (χ0v) is 16.3. The quantitative estimate of drug-likeness (QED) is 0.705. The van der Waals surface area contributed by atoms with E-state index in [0.717, 1.165) is 66.0 Å². The minimum Gasteiger partial charge on any atom is -0.338 e. The number of likely N-dealkylation sites (tertiary alicyclic amines) is 1. The van der Waals surface area contributed by atoms with Gasteiger partial charge in [-0.3, -0.25) is 9.78 Å². The van der Waals surface area contributed by atoms with Gasteiger partial charge in [0.25, 0.3) is 5.91 Å². The van der Waals surface area contributed by atoms with Crippen molar-refractivity contribution in [3.63, 3.8) is 0 Å². The smallest absolute Gasteiger partial charge is 0.254 e. The van der Waals surface area contributed by atoms with Gasteiger partial charge in [-0.2, -0.15) is 0 Å². The number of rotatable bonds is 3. The van der Waals surface area contributed by atoms with Gasteiger partial charge in [0.1, 0.15) is 5.82 Å². The van der Waals surface area contributed by atoms with Gasteiger partial charge in [-0.25, -0.2) is 4.98 Å². The largest absolute Gasteiger partial charge is 0.338 e. The Morgan fingerprint density at radius 2 is 2.11 bits per heavy atom. The lowest BCUT2D eigenvalue weighted by molar-refractivity contribution is 0.0705. The maximum atomic E-state index is 13.4. The lowest BCUT2D eigenvalue weighted by atomic mass is 9.95. The molecule has 1 atom stereocenters. The summed E-state index contributed by atoms with van der Waals surface area (Å²) in [5, 5.41) is 0.947. The van der Waals surface area contributed by atoms with Crippen LogP contribution in [-0.2, 0) is 6.54 Å². The number of carbonyl (C=O) groups is 1. The number of amides is 1. The molecule has 4 rings (SSSR count). The summed E-state index contributed by atoms with van der Waals surface area (Å²) >= 11 is 0. The molecule has 1 unspecified atom stereocenters. The first-order chi connectivity index (χ1) is 13.1. The standard InChI is InChI=1S/C22H26N4O/c1-4-25-11-9-23-21(25)17-6-5-10-26(14-17)22(27)19-13-16(3)24-20-8-7-15(2)12-18(19)20/h7-9,11-13,17H,4-6,10,14H2,1-3H3. The average Bonchev–Trinajstić information content (AvgIpc) is 3.16. The molecule has 140 valence electrons. The van der Waals surface area contributed by atoms with Crippen molar-refractivity contribution in [3.8, 4) is 0 Å². The molecule has 0 aliphatic carbocycles. The zero-order valence-electron chi connectivity index (χ0n) is 16.3. The number of piperidine rings is 1. The highest BCUT2D eigenvalue weighted by Crippen LogP contribution is 2.28. The number of carbonyl (C=O) groups excluding carboxylic acids is 1. The fourth-order valence-corrected chi connectivity index (χ4v) is 4.14. The van der Waals surface area contributed by atoms with Gasteiger partial charge in [0.2, 0.25) is 0 Å². The molecule has 1 amide bonds. The van der Waals surface area contributed by atoms with Gasteiger partial charge in [0.15, 0.2) is 0 Å². The van der Waals surface area contributed by atoms with Crippen LogP contribution < -0.4 is 0 Å². The predicted octanol–water partition coefficient (Wildman–Crippen LogP) is 4.09. The molecule has 27 heavy (non-hydrogen) atoms. The van der Waals surface area contributed by atoms with Crippen LogP contribution >= 0.6 is 0 Å². The normalized spacial score (nSPS) is 17.4. The lowest BCUT2D eigenvalue weighted by Gasteiger charge is -2.33. The van der Waals surface area contributed by atoms with E-state index in [1.165, 1.54) is 0 Å². The summed E-state index contributed by atoms with van der Waals surface area (Å²) in [6.07, 6.45) is 5.98. The van der Waals surface area contributed by atoms with Gasteiger partial charge >= 0.3 is 0 Å². The number of aromatic nitrogens is 3. The van der Waals surface area contributed by atoms with E-state index < -0.39 is 0 Å². The number of benzene rings is 1. The molecule has 0 N–H and O–H groups in total. The van der Waals surface area contributed by atoms with Crippen molar-refractivity contribution in [2.75, 3.05) is 13.1 Å². The van der Waals surface area contributed by atoms with Crippen molar-refractivity contribution in [1.29, 1.82) is 0 Å². The number of hydrogen-bond acceptors (Lipinski definition) is 3. The van der Waals surface area contributed by atoms with E-state index in [0.29, 0.717) is 5.92 Å². The van der Waals surface area contributed by atoms with E-state index in [4.69, 9.17) is 0 Å². The van der Waals surface area contributed by atoms with Crippen LogP contribution in [-0.4, -0.2) is 38.4 Å². The number of fused-ring (bicyclic) bond motifs is 1. The predicted molar refractivity (Wildman–Crippen MR) is 107 cm³/mol. The second-order valence-electron chi connectivity index (χ2n) is 7.49. The molecule has 0 radical (unpaired) electrons. The first kappa shape index (κ1) is 17.7. The third-order valence-corrected chi connectivity index (χ3v) is 5.48. The Morgan fingerprint density at radius 3 is 2.93 bits per heavy atom. The highest BCUT2D eigenvalue weighted by molar-refractivity contribution is 6.06. The number of aryl methyl sites for hydroxylation is 3. The fourth-order valence-electron chi connectivity index (χ4n) is 4.14. The molecule has 1 aliphatic rings. The maximum absolute atomic E-state index is 13.4. The number of hydrogen-bond donors (Lipinski definition) is 0. The van der Waals surface area contributed by atoms with E-state index in [-0.39, 0.29) is 5.91 Å². The molecule has 0 bridgehead atoms. The molecular formula is C22H26N4O. The van der Waals surface area contributed by atoms with Gasteiger partial charge in [-0.15, -0.1) is 0 Å². The monoisotopic (exact) mass is 362 g/mol. The molecule has 0 spiro atoms. The van der Waals surface area contributed by atoms with Crippen LogP contribution in [0.1, 0.15) is 53.1 Å². The highest BCUT2D eigenvalue weighted by Gasteiger charge is 2.28. The van der Waals surface area contributed by atoms with Crippen molar-refractivity contribution in [2.45, 2.75) is 46.1 Å². The SMILES string of the molecule is CCn1ccnc1C1CCCN(C(=O)c2cc(C)nc3ccc(C)cc23)C1. The Morgan fingerprint density at radius 1 is 1.26 bits per heavy atom. The summed E-state index contributed by atoms with van der Waals surface area (Å²) < 4.78 is 2.19. The van der Waals surface area contributed by atoms with Gasteiger partial charge in [0.05, 0.1) is 11.1 Å². The van der Waals surface area contributed by atoms with Gasteiger partial charge in [-0.05, 0) is 51.8 Å².